The Morgan fingerprint density at radius 2 is 1.12 bits per heavy atom. The molecule has 0 N–H and O–H groups in total. The highest BCUT2D eigenvalue weighted by Gasteiger charge is 2.35. The minimum Gasteiger partial charge on any atom is -0.465 e. The third-order valence-electron chi connectivity index (χ3n) is 8.17. The van der Waals surface area contributed by atoms with Crippen LogP contribution < -0.4 is 0 Å². The Balaban J connectivity index is 1.36. The van der Waals surface area contributed by atoms with Gasteiger partial charge in [0.15, 0.2) is 0 Å². The average Bonchev–Trinajstić information content (AvgIpc) is 2.72. The second-order valence-corrected chi connectivity index (χ2v) is 9.64. The van der Waals surface area contributed by atoms with Crippen molar-refractivity contribution < 1.29 is 9.53 Å². The summed E-state index contributed by atoms with van der Waals surface area (Å²) in [5.41, 5.74) is 0. The summed E-state index contributed by atoms with van der Waals surface area (Å²) in [5.74, 6) is 5.22. The van der Waals surface area contributed by atoms with Crippen LogP contribution in [0.5, 0.6) is 0 Å². The molecule has 150 valence electrons. The summed E-state index contributed by atoms with van der Waals surface area (Å²) in [6.07, 6.45) is 19.0. The molecule has 0 aromatic heterocycles. The van der Waals surface area contributed by atoms with Crippen LogP contribution >= 0.6 is 0 Å². The third-order valence-corrected chi connectivity index (χ3v) is 8.17. The third kappa shape index (κ3) is 5.26. The van der Waals surface area contributed by atoms with E-state index in [0.29, 0.717) is 6.61 Å². The van der Waals surface area contributed by atoms with Gasteiger partial charge >= 0.3 is 5.97 Å². The molecule has 2 heteroatoms. The molecule has 3 rings (SSSR count). The summed E-state index contributed by atoms with van der Waals surface area (Å²) in [5, 5.41) is 0. The van der Waals surface area contributed by atoms with Gasteiger partial charge in [-0.25, -0.2) is 0 Å². The van der Waals surface area contributed by atoms with Gasteiger partial charge in [-0.15, -0.1) is 0 Å². The molecule has 0 radical (unpaired) electrons. The molecule has 0 amide bonds. The molecular formula is C24H42O2. The fraction of sp³-hybridized carbons (Fsp3) is 0.958. The van der Waals surface area contributed by atoms with Crippen molar-refractivity contribution in [1.82, 2.24) is 0 Å². The zero-order valence-electron chi connectivity index (χ0n) is 17.4. The van der Waals surface area contributed by atoms with Gasteiger partial charge in [0.1, 0.15) is 0 Å². The van der Waals surface area contributed by atoms with E-state index in [-0.39, 0.29) is 11.9 Å². The van der Waals surface area contributed by atoms with E-state index >= 15 is 0 Å². The molecule has 0 heterocycles. The highest BCUT2D eigenvalue weighted by Crippen LogP contribution is 2.46. The summed E-state index contributed by atoms with van der Waals surface area (Å²) >= 11 is 0. The van der Waals surface area contributed by atoms with Crippen molar-refractivity contribution in [1.29, 1.82) is 0 Å². The van der Waals surface area contributed by atoms with Crippen LogP contribution in [0.3, 0.4) is 0 Å². The Morgan fingerprint density at radius 1 is 0.692 bits per heavy atom. The molecule has 0 unspecified atom stereocenters. The van der Waals surface area contributed by atoms with Crippen molar-refractivity contribution in [2.45, 2.75) is 104 Å². The van der Waals surface area contributed by atoms with Crippen LogP contribution in [-0.2, 0) is 9.53 Å². The molecule has 0 saturated heterocycles. The van der Waals surface area contributed by atoms with Gasteiger partial charge in [-0.2, -0.15) is 0 Å². The summed E-state index contributed by atoms with van der Waals surface area (Å²) in [4.78, 5) is 12.1. The first-order valence-corrected chi connectivity index (χ1v) is 11.9. The standard InChI is InChI=1S/C24H42O2/c1-3-17-26-24(25)23-15-13-22(14-16-23)21-11-9-20(10-12-21)19-7-5-18(4-2)6-8-19/h18-23H,3-17H2,1-2H3/t18-,19-,20?,21?,22-,23+. The summed E-state index contributed by atoms with van der Waals surface area (Å²) in [6, 6.07) is 0. The maximum absolute atomic E-state index is 12.1. The lowest BCUT2D eigenvalue weighted by molar-refractivity contribution is -0.150. The van der Waals surface area contributed by atoms with Crippen LogP contribution in [0.1, 0.15) is 104 Å². The number of hydrogen-bond donors (Lipinski definition) is 0. The van der Waals surface area contributed by atoms with Crippen molar-refractivity contribution in [2.24, 2.45) is 35.5 Å². The van der Waals surface area contributed by atoms with Crippen LogP contribution in [-0.4, -0.2) is 12.6 Å². The molecule has 26 heavy (non-hydrogen) atoms. The molecular weight excluding hydrogens is 320 g/mol. The summed E-state index contributed by atoms with van der Waals surface area (Å²) in [7, 11) is 0. The van der Waals surface area contributed by atoms with Gasteiger partial charge in [-0.1, -0.05) is 33.1 Å². The maximum Gasteiger partial charge on any atom is 0.308 e. The maximum atomic E-state index is 12.1. The zero-order valence-corrected chi connectivity index (χ0v) is 17.4. The average molecular weight is 363 g/mol. The largest absolute Gasteiger partial charge is 0.465 e. The second-order valence-electron chi connectivity index (χ2n) is 9.64. The van der Waals surface area contributed by atoms with Crippen molar-refractivity contribution >= 4 is 5.97 Å². The SMILES string of the molecule is CCCOC(=O)[C@H]1CC[C@@H](C2CCC([C@H]3CC[C@H](CC)CC3)CC2)CC1. The van der Waals surface area contributed by atoms with Gasteiger partial charge in [-0.3, -0.25) is 4.79 Å². The van der Waals surface area contributed by atoms with Gasteiger partial charge in [-0.05, 0) is 100 Å². The van der Waals surface area contributed by atoms with Crippen molar-refractivity contribution in [3.63, 3.8) is 0 Å². The van der Waals surface area contributed by atoms with Crippen LogP contribution in [0.4, 0.5) is 0 Å². The molecule has 0 aromatic rings. The minimum atomic E-state index is 0.0803. The van der Waals surface area contributed by atoms with Crippen LogP contribution in [0, 0.1) is 35.5 Å². The van der Waals surface area contributed by atoms with E-state index in [9.17, 15) is 4.79 Å². The number of carbonyl (C=O) groups excluding carboxylic acids is 1. The number of carbonyl (C=O) groups is 1. The van der Waals surface area contributed by atoms with E-state index in [0.717, 1.165) is 48.9 Å². The molecule has 3 aliphatic rings. The van der Waals surface area contributed by atoms with Gasteiger partial charge in [0, 0.05) is 0 Å². The van der Waals surface area contributed by atoms with E-state index in [1.54, 1.807) is 0 Å². The van der Waals surface area contributed by atoms with E-state index < -0.39 is 0 Å². The summed E-state index contributed by atoms with van der Waals surface area (Å²) in [6.45, 7) is 5.04. The first-order chi connectivity index (χ1) is 12.7. The predicted octanol–water partition coefficient (Wildman–Crippen LogP) is 6.77. The minimum absolute atomic E-state index is 0.0803. The number of rotatable bonds is 6. The highest BCUT2D eigenvalue weighted by atomic mass is 16.5. The number of esters is 1. The molecule has 3 fully saturated rings. The normalized spacial score (nSPS) is 38.7. The van der Waals surface area contributed by atoms with Crippen molar-refractivity contribution in [3.05, 3.63) is 0 Å². The first-order valence-electron chi connectivity index (χ1n) is 11.9. The van der Waals surface area contributed by atoms with Gasteiger partial charge in [0.05, 0.1) is 12.5 Å². The van der Waals surface area contributed by atoms with E-state index in [4.69, 9.17) is 4.74 Å². The van der Waals surface area contributed by atoms with Gasteiger partial charge in [0.2, 0.25) is 0 Å². The molecule has 0 aliphatic heterocycles. The van der Waals surface area contributed by atoms with E-state index in [2.05, 4.69) is 13.8 Å². The number of ether oxygens (including phenoxy) is 1. The van der Waals surface area contributed by atoms with E-state index in [1.807, 2.05) is 0 Å². The Morgan fingerprint density at radius 3 is 1.54 bits per heavy atom. The molecule has 3 saturated carbocycles. The smallest absolute Gasteiger partial charge is 0.308 e. The Hall–Kier alpha value is -0.530. The lowest BCUT2D eigenvalue weighted by Crippen LogP contribution is -2.31. The fourth-order valence-electron chi connectivity index (χ4n) is 6.30. The summed E-state index contributed by atoms with van der Waals surface area (Å²) < 4.78 is 5.37. The Kier molecular flexibility index (Phi) is 7.88. The van der Waals surface area contributed by atoms with Crippen molar-refractivity contribution in [3.8, 4) is 0 Å². The molecule has 3 aliphatic carbocycles. The monoisotopic (exact) mass is 362 g/mol. The van der Waals surface area contributed by atoms with Crippen LogP contribution in [0.2, 0.25) is 0 Å². The molecule has 0 spiro atoms. The zero-order chi connectivity index (χ0) is 18.4. The molecule has 0 bridgehead atoms. The van der Waals surface area contributed by atoms with E-state index in [1.165, 1.54) is 70.6 Å². The van der Waals surface area contributed by atoms with Crippen molar-refractivity contribution in [2.75, 3.05) is 6.61 Å². The lowest BCUT2D eigenvalue weighted by Gasteiger charge is -2.41. The Labute approximate surface area is 161 Å². The second kappa shape index (κ2) is 10.1. The number of hydrogen-bond acceptors (Lipinski definition) is 2. The topological polar surface area (TPSA) is 26.3 Å². The van der Waals surface area contributed by atoms with Gasteiger partial charge in [0.25, 0.3) is 0 Å². The predicted molar refractivity (Wildman–Crippen MR) is 108 cm³/mol. The lowest BCUT2D eigenvalue weighted by atomic mass is 9.65. The van der Waals surface area contributed by atoms with Crippen LogP contribution in [0.15, 0.2) is 0 Å². The Bertz CT molecular complexity index is 408. The molecule has 0 atom stereocenters. The van der Waals surface area contributed by atoms with Gasteiger partial charge < -0.3 is 4.74 Å². The molecule has 2 nitrogen and oxygen atoms in total. The highest BCUT2D eigenvalue weighted by molar-refractivity contribution is 5.72. The quantitative estimate of drug-likeness (QED) is 0.487. The fourth-order valence-corrected chi connectivity index (χ4v) is 6.30. The molecule has 0 aromatic carbocycles. The van der Waals surface area contributed by atoms with Crippen LogP contribution in [0.25, 0.3) is 0 Å². The first kappa shape index (κ1) is 20.2.